The number of carboxylic acids is 1. The first kappa shape index (κ1) is 17.0. The molecular formula is C15H21NO5. The number of esters is 1. The molecule has 1 rings (SSSR count). The van der Waals surface area contributed by atoms with Crippen LogP contribution in [0.5, 0.6) is 0 Å². The quantitative estimate of drug-likeness (QED) is 0.637. The van der Waals surface area contributed by atoms with Crippen LogP contribution >= 0.6 is 0 Å². The first-order valence-electron chi connectivity index (χ1n) is 6.52. The van der Waals surface area contributed by atoms with Crippen molar-refractivity contribution < 1.29 is 24.2 Å². The maximum atomic E-state index is 11.5. The Morgan fingerprint density at radius 1 is 1.29 bits per heavy atom. The van der Waals surface area contributed by atoms with Gasteiger partial charge in [0.15, 0.2) is 0 Å². The van der Waals surface area contributed by atoms with E-state index in [9.17, 15) is 9.59 Å². The van der Waals surface area contributed by atoms with Gasteiger partial charge in [-0.15, -0.1) is 0 Å². The van der Waals surface area contributed by atoms with Crippen molar-refractivity contribution in [2.24, 2.45) is 0 Å². The molecule has 0 amide bonds. The van der Waals surface area contributed by atoms with E-state index < -0.39 is 17.5 Å². The maximum Gasteiger partial charge on any atom is 0.336 e. The van der Waals surface area contributed by atoms with Gasteiger partial charge in [0.05, 0.1) is 12.2 Å². The molecule has 0 atom stereocenters. The highest BCUT2D eigenvalue weighted by Crippen LogP contribution is 2.19. The maximum absolute atomic E-state index is 11.5. The van der Waals surface area contributed by atoms with Gasteiger partial charge in [0.2, 0.25) is 0 Å². The van der Waals surface area contributed by atoms with Crippen LogP contribution < -0.4 is 5.73 Å². The first-order valence-corrected chi connectivity index (χ1v) is 6.52. The highest BCUT2D eigenvalue weighted by atomic mass is 16.6. The Balaban J connectivity index is 2.68. The lowest BCUT2D eigenvalue weighted by atomic mass is 10.0. The largest absolute Gasteiger partial charge is 0.478 e. The van der Waals surface area contributed by atoms with E-state index in [2.05, 4.69) is 0 Å². The number of carbonyl (C=O) groups is 2. The number of nitrogen functional groups attached to an aromatic ring is 1. The van der Waals surface area contributed by atoms with Crippen molar-refractivity contribution in [3.8, 4) is 0 Å². The predicted octanol–water partition coefficient (Wildman–Crippen LogP) is 2.13. The molecule has 3 N–H and O–H groups in total. The van der Waals surface area contributed by atoms with Gasteiger partial charge in [0, 0.05) is 5.69 Å². The monoisotopic (exact) mass is 295 g/mol. The molecule has 0 aromatic heterocycles. The molecule has 0 saturated carbocycles. The minimum atomic E-state index is -1.05. The Bertz CT molecular complexity index is 546. The molecule has 116 valence electrons. The number of rotatable bonds is 5. The third-order valence-electron chi connectivity index (χ3n) is 2.67. The number of aromatic carboxylic acids is 1. The molecule has 0 aliphatic carbocycles. The molecule has 1 aromatic carbocycles. The number of ether oxygens (including phenoxy) is 2. The third kappa shape index (κ3) is 5.43. The second-order valence-electron chi connectivity index (χ2n) is 5.74. The second kappa shape index (κ2) is 6.58. The Morgan fingerprint density at radius 2 is 1.90 bits per heavy atom. The number of anilines is 1. The van der Waals surface area contributed by atoms with Gasteiger partial charge in [-0.25, -0.2) is 9.59 Å². The Kier molecular flexibility index (Phi) is 5.32. The van der Waals surface area contributed by atoms with Crippen molar-refractivity contribution in [1.29, 1.82) is 0 Å². The molecule has 6 nitrogen and oxygen atoms in total. The van der Waals surface area contributed by atoms with Crippen LogP contribution in [0.15, 0.2) is 12.1 Å². The van der Waals surface area contributed by atoms with Crippen molar-refractivity contribution in [3.05, 3.63) is 28.8 Å². The van der Waals surface area contributed by atoms with Crippen LogP contribution in [-0.4, -0.2) is 29.3 Å². The highest BCUT2D eigenvalue weighted by Gasteiger charge is 2.17. The number of hydrogen-bond acceptors (Lipinski definition) is 5. The average Bonchev–Trinajstić information content (AvgIpc) is 2.30. The first-order chi connectivity index (χ1) is 9.60. The van der Waals surface area contributed by atoms with Gasteiger partial charge in [-0.2, -0.15) is 0 Å². The molecule has 21 heavy (non-hydrogen) atoms. The Labute approximate surface area is 123 Å². The van der Waals surface area contributed by atoms with E-state index in [1.807, 2.05) is 0 Å². The van der Waals surface area contributed by atoms with E-state index in [0.717, 1.165) is 0 Å². The van der Waals surface area contributed by atoms with Crippen molar-refractivity contribution in [2.45, 2.75) is 39.9 Å². The zero-order valence-electron chi connectivity index (χ0n) is 12.7. The third-order valence-corrected chi connectivity index (χ3v) is 2.67. The number of carboxylic acid groups (broad SMARTS) is 1. The topological polar surface area (TPSA) is 98.9 Å². The molecule has 0 saturated heterocycles. The van der Waals surface area contributed by atoms with Crippen LogP contribution in [0, 0.1) is 6.92 Å². The van der Waals surface area contributed by atoms with Crippen molar-refractivity contribution in [1.82, 2.24) is 0 Å². The number of benzene rings is 1. The smallest absolute Gasteiger partial charge is 0.336 e. The summed E-state index contributed by atoms with van der Waals surface area (Å²) in [6.07, 6.45) is 0. The normalized spacial score (nSPS) is 11.2. The van der Waals surface area contributed by atoms with E-state index >= 15 is 0 Å². The van der Waals surface area contributed by atoms with Crippen LogP contribution in [0.3, 0.4) is 0 Å². The molecule has 0 radical (unpaired) electrons. The summed E-state index contributed by atoms with van der Waals surface area (Å²) in [5.74, 6) is -1.52. The lowest BCUT2D eigenvalue weighted by molar-refractivity contribution is -0.160. The molecule has 0 aliphatic rings. The van der Waals surface area contributed by atoms with Gasteiger partial charge in [0.25, 0.3) is 0 Å². The van der Waals surface area contributed by atoms with Gasteiger partial charge in [-0.3, -0.25) is 0 Å². The lowest BCUT2D eigenvalue weighted by Crippen LogP contribution is -2.26. The molecule has 6 heteroatoms. The van der Waals surface area contributed by atoms with E-state index in [1.54, 1.807) is 33.8 Å². The minimum absolute atomic E-state index is 0.0936. The highest BCUT2D eigenvalue weighted by molar-refractivity contribution is 5.91. The standard InChI is InChI=1S/C15H21NO5/c1-9-10(5-11(16)6-12(9)14(18)19)7-20-8-13(17)21-15(2,3)4/h5-6H,7-8,16H2,1-4H3,(H,18,19). The van der Waals surface area contributed by atoms with Gasteiger partial charge in [-0.05, 0) is 51.0 Å². The summed E-state index contributed by atoms with van der Waals surface area (Å²) in [6.45, 7) is 6.88. The van der Waals surface area contributed by atoms with E-state index in [-0.39, 0.29) is 18.8 Å². The zero-order chi connectivity index (χ0) is 16.2. The van der Waals surface area contributed by atoms with Crippen LogP contribution in [0.25, 0.3) is 0 Å². The van der Waals surface area contributed by atoms with Crippen LogP contribution in [0.2, 0.25) is 0 Å². The second-order valence-corrected chi connectivity index (χ2v) is 5.74. The molecule has 0 bridgehead atoms. The van der Waals surface area contributed by atoms with Crippen LogP contribution in [-0.2, 0) is 20.9 Å². The summed E-state index contributed by atoms with van der Waals surface area (Å²) in [5, 5.41) is 9.09. The molecule has 0 heterocycles. The van der Waals surface area contributed by atoms with E-state index in [0.29, 0.717) is 16.8 Å². The molecule has 0 spiro atoms. The summed E-state index contributed by atoms with van der Waals surface area (Å²) >= 11 is 0. The summed E-state index contributed by atoms with van der Waals surface area (Å²) < 4.78 is 10.4. The predicted molar refractivity (Wildman–Crippen MR) is 78.1 cm³/mol. The SMILES string of the molecule is Cc1c(COCC(=O)OC(C)(C)C)cc(N)cc1C(=O)O. The van der Waals surface area contributed by atoms with Crippen molar-refractivity contribution in [2.75, 3.05) is 12.3 Å². The number of nitrogens with two attached hydrogens (primary N) is 1. The lowest BCUT2D eigenvalue weighted by Gasteiger charge is -2.19. The molecule has 1 aromatic rings. The van der Waals surface area contributed by atoms with E-state index in [1.165, 1.54) is 6.07 Å². The molecule has 0 fully saturated rings. The fraction of sp³-hybridized carbons (Fsp3) is 0.467. The fourth-order valence-electron chi connectivity index (χ4n) is 1.79. The number of carbonyl (C=O) groups excluding carboxylic acids is 1. The van der Waals surface area contributed by atoms with Crippen molar-refractivity contribution >= 4 is 17.6 Å². The molecular weight excluding hydrogens is 274 g/mol. The van der Waals surface area contributed by atoms with Crippen molar-refractivity contribution in [3.63, 3.8) is 0 Å². The van der Waals surface area contributed by atoms with Gasteiger partial charge < -0.3 is 20.3 Å². The Hall–Kier alpha value is -2.08. The summed E-state index contributed by atoms with van der Waals surface area (Å²) in [7, 11) is 0. The van der Waals surface area contributed by atoms with Gasteiger partial charge >= 0.3 is 11.9 Å². The summed E-state index contributed by atoms with van der Waals surface area (Å²) in [5.41, 5.74) is 6.78. The molecule has 0 aliphatic heterocycles. The van der Waals surface area contributed by atoms with Gasteiger partial charge in [0.1, 0.15) is 12.2 Å². The summed E-state index contributed by atoms with van der Waals surface area (Å²) in [6, 6.07) is 3.03. The average molecular weight is 295 g/mol. The van der Waals surface area contributed by atoms with Gasteiger partial charge in [-0.1, -0.05) is 0 Å². The van der Waals surface area contributed by atoms with Crippen LogP contribution in [0.1, 0.15) is 42.3 Å². The zero-order valence-corrected chi connectivity index (χ0v) is 12.7. The fourth-order valence-corrected chi connectivity index (χ4v) is 1.79. The summed E-state index contributed by atoms with van der Waals surface area (Å²) in [4.78, 5) is 22.6. The molecule has 0 unspecified atom stereocenters. The van der Waals surface area contributed by atoms with Crippen LogP contribution in [0.4, 0.5) is 5.69 Å². The number of hydrogen-bond donors (Lipinski definition) is 2. The minimum Gasteiger partial charge on any atom is -0.478 e. The Morgan fingerprint density at radius 3 is 2.43 bits per heavy atom. The van der Waals surface area contributed by atoms with E-state index in [4.69, 9.17) is 20.3 Å².